The number of aryl methyl sites for hydroxylation is 1. The number of carbonyl (C=O) groups is 2. The summed E-state index contributed by atoms with van der Waals surface area (Å²) in [5.41, 5.74) is 1.84. The summed E-state index contributed by atoms with van der Waals surface area (Å²) in [5.74, 6) is -2.71. The summed E-state index contributed by atoms with van der Waals surface area (Å²) in [6.45, 7) is 2.04. The van der Waals surface area contributed by atoms with Crippen molar-refractivity contribution in [2.45, 2.75) is 26.2 Å². The number of benzene rings is 1. The number of rotatable bonds is 4. The molecule has 0 unspecified atom stereocenters. The minimum atomic E-state index is -1.16. The van der Waals surface area contributed by atoms with Gasteiger partial charge in [-0.2, -0.15) is 0 Å². The van der Waals surface area contributed by atoms with Crippen LogP contribution in [0.4, 0.5) is 5.69 Å². The first kappa shape index (κ1) is 14.3. The van der Waals surface area contributed by atoms with Crippen LogP contribution in [0.25, 0.3) is 0 Å². The smallest absolute Gasteiger partial charge is 0.228 e. The van der Waals surface area contributed by atoms with E-state index in [1.807, 2.05) is 37.3 Å². The fraction of sp³-hybridized carbons (Fsp3) is 0.375. The van der Waals surface area contributed by atoms with Gasteiger partial charge in [-0.15, -0.1) is 0 Å². The maximum atomic E-state index is 12.2. The van der Waals surface area contributed by atoms with Crippen LogP contribution in [0, 0.1) is 11.8 Å². The van der Waals surface area contributed by atoms with Crippen molar-refractivity contribution in [1.82, 2.24) is 0 Å². The van der Waals surface area contributed by atoms with Gasteiger partial charge in [-0.25, -0.2) is 0 Å². The normalized spacial score (nSPS) is 21.4. The van der Waals surface area contributed by atoms with E-state index in [9.17, 15) is 14.7 Å². The second-order valence-corrected chi connectivity index (χ2v) is 5.02. The lowest BCUT2D eigenvalue weighted by atomic mass is 9.82. The quantitative estimate of drug-likeness (QED) is 0.845. The summed E-state index contributed by atoms with van der Waals surface area (Å²) in [6, 6.07) is 7.59. The number of carboxylic acids is 1. The molecule has 20 heavy (non-hydrogen) atoms. The number of carbonyl (C=O) groups excluding carboxylic acids is 2. The Kier molecular flexibility index (Phi) is 4.56. The van der Waals surface area contributed by atoms with Crippen LogP contribution < -0.4 is 10.4 Å². The Morgan fingerprint density at radius 1 is 1.25 bits per heavy atom. The molecule has 106 valence electrons. The maximum absolute atomic E-state index is 12.2. The molecule has 2 atom stereocenters. The topological polar surface area (TPSA) is 69.2 Å². The molecule has 0 fully saturated rings. The number of nitrogens with one attached hydrogen (secondary N) is 1. The molecule has 0 heterocycles. The zero-order chi connectivity index (χ0) is 14.5. The third kappa shape index (κ3) is 3.26. The van der Waals surface area contributed by atoms with Gasteiger partial charge in [-0.3, -0.25) is 4.79 Å². The molecule has 0 saturated carbocycles. The lowest BCUT2D eigenvalue weighted by Crippen LogP contribution is -2.41. The Bertz CT molecular complexity index is 536. The first-order valence-electron chi connectivity index (χ1n) is 6.87. The van der Waals surface area contributed by atoms with Gasteiger partial charge in [-0.05, 0) is 37.0 Å². The molecule has 0 saturated heterocycles. The van der Waals surface area contributed by atoms with Gasteiger partial charge < -0.3 is 15.2 Å². The van der Waals surface area contributed by atoms with Crippen LogP contribution in [0.15, 0.2) is 36.4 Å². The van der Waals surface area contributed by atoms with Crippen LogP contribution in [0.1, 0.15) is 25.3 Å². The van der Waals surface area contributed by atoms with Crippen LogP contribution in [-0.4, -0.2) is 11.9 Å². The van der Waals surface area contributed by atoms with E-state index in [0.717, 1.165) is 12.0 Å². The highest BCUT2D eigenvalue weighted by atomic mass is 16.4. The minimum Gasteiger partial charge on any atom is -0.550 e. The van der Waals surface area contributed by atoms with Crippen LogP contribution in [-0.2, 0) is 16.0 Å². The number of hydrogen-bond acceptors (Lipinski definition) is 3. The zero-order valence-corrected chi connectivity index (χ0v) is 11.5. The molecule has 1 amide bonds. The van der Waals surface area contributed by atoms with Crippen molar-refractivity contribution in [3.05, 3.63) is 42.0 Å². The van der Waals surface area contributed by atoms with Gasteiger partial charge >= 0.3 is 0 Å². The van der Waals surface area contributed by atoms with Gasteiger partial charge in [0.05, 0.1) is 5.92 Å². The molecule has 0 bridgehead atoms. The van der Waals surface area contributed by atoms with Crippen molar-refractivity contribution in [3.8, 4) is 0 Å². The third-order valence-electron chi connectivity index (χ3n) is 3.67. The van der Waals surface area contributed by atoms with Gasteiger partial charge in [-0.1, -0.05) is 31.2 Å². The Labute approximate surface area is 118 Å². The summed E-state index contributed by atoms with van der Waals surface area (Å²) in [4.78, 5) is 23.3. The summed E-state index contributed by atoms with van der Waals surface area (Å²) in [5, 5.41) is 13.9. The van der Waals surface area contributed by atoms with E-state index >= 15 is 0 Å². The van der Waals surface area contributed by atoms with Crippen LogP contribution in [0.5, 0.6) is 0 Å². The largest absolute Gasteiger partial charge is 0.550 e. The van der Waals surface area contributed by atoms with Crippen molar-refractivity contribution in [2.24, 2.45) is 11.8 Å². The Balaban J connectivity index is 2.10. The van der Waals surface area contributed by atoms with Crippen molar-refractivity contribution >= 4 is 17.6 Å². The first-order valence-corrected chi connectivity index (χ1v) is 6.87. The fourth-order valence-corrected chi connectivity index (χ4v) is 2.47. The highest BCUT2D eigenvalue weighted by Gasteiger charge is 2.29. The summed E-state index contributed by atoms with van der Waals surface area (Å²) < 4.78 is 0. The summed E-state index contributed by atoms with van der Waals surface area (Å²) in [7, 11) is 0. The average molecular weight is 272 g/mol. The van der Waals surface area contributed by atoms with Gasteiger partial charge in [0.15, 0.2) is 0 Å². The Hall–Kier alpha value is -2.10. The second-order valence-electron chi connectivity index (χ2n) is 5.02. The van der Waals surface area contributed by atoms with Crippen LogP contribution in [0.2, 0.25) is 0 Å². The molecule has 1 aliphatic rings. The number of allylic oxidation sites excluding steroid dienone is 2. The predicted molar refractivity (Wildman–Crippen MR) is 74.8 cm³/mol. The van der Waals surface area contributed by atoms with Gasteiger partial charge in [0.1, 0.15) is 0 Å². The molecular formula is C16H18NO3-. The van der Waals surface area contributed by atoms with Gasteiger partial charge in [0, 0.05) is 17.6 Å². The van der Waals surface area contributed by atoms with Crippen molar-refractivity contribution < 1.29 is 14.7 Å². The predicted octanol–water partition coefficient (Wildman–Crippen LogP) is 1.52. The Morgan fingerprint density at radius 3 is 2.60 bits per heavy atom. The van der Waals surface area contributed by atoms with E-state index in [-0.39, 0.29) is 5.91 Å². The Morgan fingerprint density at radius 2 is 1.95 bits per heavy atom. The van der Waals surface area contributed by atoms with E-state index in [1.54, 1.807) is 6.08 Å². The lowest BCUT2D eigenvalue weighted by Gasteiger charge is -2.28. The molecule has 1 N–H and O–H groups in total. The lowest BCUT2D eigenvalue weighted by molar-refractivity contribution is -0.313. The third-order valence-corrected chi connectivity index (χ3v) is 3.67. The molecule has 0 radical (unpaired) electrons. The van der Waals surface area contributed by atoms with Crippen LogP contribution in [0.3, 0.4) is 0 Å². The summed E-state index contributed by atoms with van der Waals surface area (Å²) >= 11 is 0. The number of amides is 1. The minimum absolute atomic E-state index is 0.253. The van der Waals surface area contributed by atoms with Crippen molar-refractivity contribution in [3.63, 3.8) is 0 Å². The highest BCUT2D eigenvalue weighted by molar-refractivity contribution is 5.95. The molecule has 4 nitrogen and oxygen atoms in total. The number of aliphatic carboxylic acids is 1. The monoisotopic (exact) mass is 272 g/mol. The van der Waals surface area contributed by atoms with E-state index in [1.165, 1.54) is 0 Å². The molecule has 0 aliphatic heterocycles. The molecule has 1 aliphatic carbocycles. The molecule has 1 aromatic carbocycles. The van der Waals surface area contributed by atoms with Gasteiger partial charge in [0.25, 0.3) is 0 Å². The first-order chi connectivity index (χ1) is 9.61. The molecule has 4 heteroatoms. The zero-order valence-electron chi connectivity index (χ0n) is 11.5. The second kappa shape index (κ2) is 6.37. The number of anilines is 1. The molecule has 2 rings (SSSR count). The van der Waals surface area contributed by atoms with Crippen molar-refractivity contribution in [2.75, 3.05) is 5.32 Å². The van der Waals surface area contributed by atoms with Crippen LogP contribution >= 0.6 is 0 Å². The SMILES string of the molecule is CCc1cccc(NC(=O)[C@@H]2CC=CC[C@@H]2C(=O)[O-])c1. The van der Waals surface area contributed by atoms with E-state index in [0.29, 0.717) is 18.5 Å². The summed E-state index contributed by atoms with van der Waals surface area (Å²) in [6.07, 6.45) is 5.33. The number of carboxylic acid groups (broad SMARTS) is 1. The van der Waals surface area contributed by atoms with Crippen molar-refractivity contribution in [1.29, 1.82) is 0 Å². The molecule has 0 spiro atoms. The number of hydrogen-bond donors (Lipinski definition) is 1. The average Bonchev–Trinajstić information content (AvgIpc) is 2.47. The standard InChI is InChI=1S/C16H19NO3/c1-2-11-6-5-7-12(10-11)17-15(18)13-8-3-4-9-14(13)16(19)20/h3-7,10,13-14H,2,8-9H2,1H3,(H,17,18)(H,19,20)/p-1/t13-,14+/m1/s1. The van der Waals surface area contributed by atoms with E-state index in [2.05, 4.69) is 5.32 Å². The van der Waals surface area contributed by atoms with E-state index in [4.69, 9.17) is 0 Å². The highest BCUT2D eigenvalue weighted by Crippen LogP contribution is 2.26. The van der Waals surface area contributed by atoms with E-state index < -0.39 is 17.8 Å². The molecule has 1 aromatic rings. The van der Waals surface area contributed by atoms with Gasteiger partial charge in [0.2, 0.25) is 5.91 Å². The maximum Gasteiger partial charge on any atom is 0.228 e. The molecule has 0 aromatic heterocycles. The molecular weight excluding hydrogens is 254 g/mol. The fourth-order valence-electron chi connectivity index (χ4n) is 2.47.